The number of phenols is 1. The number of nitroso groups, excluding NO2 is 1. The summed E-state index contributed by atoms with van der Waals surface area (Å²) >= 11 is 0. The van der Waals surface area contributed by atoms with Crippen LogP contribution in [0.25, 0.3) is 0 Å². The lowest BCUT2D eigenvalue weighted by atomic mass is 10.1. The van der Waals surface area contributed by atoms with E-state index in [-0.39, 0.29) is 11.1 Å². The Kier molecular flexibility index (Phi) is 3.77. The SMILES string of the molecule is O=C(O)c1cccc(C2NOC(c3c(O)cccc3F)[N+]2=O)c1. The number of carboxylic acid groups (broad SMARTS) is 1. The van der Waals surface area contributed by atoms with Crippen LogP contribution in [-0.4, -0.2) is 20.9 Å². The molecule has 3 rings (SSSR count). The molecule has 3 N–H and O–H groups in total. The van der Waals surface area contributed by atoms with Crippen LogP contribution >= 0.6 is 0 Å². The van der Waals surface area contributed by atoms with Crippen molar-refractivity contribution in [2.75, 3.05) is 0 Å². The first-order chi connectivity index (χ1) is 11.0. The van der Waals surface area contributed by atoms with Gasteiger partial charge >= 0.3 is 18.4 Å². The van der Waals surface area contributed by atoms with Gasteiger partial charge in [-0.2, -0.15) is 0 Å². The summed E-state index contributed by atoms with van der Waals surface area (Å²) in [6.45, 7) is 0. The lowest BCUT2D eigenvalue weighted by Crippen LogP contribution is -2.19. The topological polar surface area (TPSA) is 98.9 Å². The van der Waals surface area contributed by atoms with Crippen LogP contribution in [0.4, 0.5) is 4.39 Å². The minimum Gasteiger partial charge on any atom is -0.507 e. The van der Waals surface area contributed by atoms with Crippen molar-refractivity contribution in [3.8, 4) is 5.75 Å². The third kappa shape index (κ3) is 2.65. The van der Waals surface area contributed by atoms with Gasteiger partial charge in [0.25, 0.3) is 0 Å². The molecule has 0 saturated carbocycles. The fourth-order valence-corrected chi connectivity index (χ4v) is 2.38. The molecule has 0 spiro atoms. The molecule has 1 heterocycles. The zero-order valence-electron chi connectivity index (χ0n) is 11.6. The Labute approximate surface area is 129 Å². The van der Waals surface area contributed by atoms with Crippen LogP contribution in [0.15, 0.2) is 42.5 Å². The smallest absolute Gasteiger partial charge is 0.355 e. The number of benzene rings is 2. The summed E-state index contributed by atoms with van der Waals surface area (Å²) in [4.78, 5) is 28.5. The monoisotopic (exact) mass is 319 g/mol. The Morgan fingerprint density at radius 1 is 1.26 bits per heavy atom. The summed E-state index contributed by atoms with van der Waals surface area (Å²) in [6, 6.07) is 9.39. The number of nitrogens with zero attached hydrogens (tertiary/aromatic N) is 1. The number of carbonyl (C=O) groups is 1. The predicted octanol–water partition coefficient (Wildman–Crippen LogP) is 2.24. The number of carboxylic acids is 1. The molecule has 0 amide bonds. The zero-order chi connectivity index (χ0) is 16.6. The first-order valence-electron chi connectivity index (χ1n) is 6.66. The quantitative estimate of drug-likeness (QED) is 0.750. The van der Waals surface area contributed by atoms with Gasteiger partial charge in [-0.15, -0.1) is 5.48 Å². The first kappa shape index (κ1) is 15.1. The van der Waals surface area contributed by atoms with Crippen molar-refractivity contribution in [3.63, 3.8) is 0 Å². The van der Waals surface area contributed by atoms with Gasteiger partial charge in [-0.05, 0) is 24.3 Å². The van der Waals surface area contributed by atoms with E-state index < -0.39 is 29.9 Å². The molecule has 2 aromatic carbocycles. The van der Waals surface area contributed by atoms with E-state index in [1.54, 1.807) is 6.07 Å². The molecule has 1 aliphatic rings. The van der Waals surface area contributed by atoms with Gasteiger partial charge in [-0.3, -0.25) is 0 Å². The summed E-state index contributed by atoms with van der Waals surface area (Å²) in [5.74, 6) is -2.32. The number of phenolic OH excluding ortho intramolecular Hbond substituents is 1. The standard InChI is InChI=1S/C15H11FN2O5/c16-10-5-2-6-11(19)12(10)14-18(22)13(17-23-14)8-3-1-4-9(7-8)15(20)21/h1-7,13-14,17H,(H-,19,20,21)/p+1. The molecule has 0 bridgehead atoms. The highest BCUT2D eigenvalue weighted by Gasteiger charge is 2.47. The van der Waals surface area contributed by atoms with Crippen LogP contribution in [0.3, 0.4) is 0 Å². The number of halogens is 1. The summed E-state index contributed by atoms with van der Waals surface area (Å²) in [5.41, 5.74) is 2.50. The second-order valence-corrected chi connectivity index (χ2v) is 4.95. The highest BCUT2D eigenvalue weighted by atomic mass is 19.1. The zero-order valence-corrected chi connectivity index (χ0v) is 11.6. The lowest BCUT2D eigenvalue weighted by molar-refractivity contribution is -0.631. The van der Waals surface area contributed by atoms with Gasteiger partial charge in [0.05, 0.1) is 10.3 Å². The minimum absolute atomic E-state index is 0.00916. The normalized spacial score (nSPS) is 20.7. The summed E-state index contributed by atoms with van der Waals surface area (Å²) in [5, 5.41) is 18.7. The van der Waals surface area contributed by atoms with Crippen molar-refractivity contribution >= 4 is 5.97 Å². The van der Waals surface area contributed by atoms with Crippen LogP contribution in [0.2, 0.25) is 0 Å². The van der Waals surface area contributed by atoms with E-state index in [2.05, 4.69) is 5.48 Å². The van der Waals surface area contributed by atoms with Crippen molar-refractivity contribution in [1.82, 2.24) is 5.48 Å². The molecule has 1 aliphatic heterocycles. The molecular weight excluding hydrogens is 307 g/mol. The summed E-state index contributed by atoms with van der Waals surface area (Å²) in [6.07, 6.45) is -2.42. The van der Waals surface area contributed by atoms with Crippen molar-refractivity contribution in [1.29, 1.82) is 0 Å². The van der Waals surface area contributed by atoms with Gasteiger partial charge < -0.3 is 10.2 Å². The van der Waals surface area contributed by atoms with Gasteiger partial charge in [-0.25, -0.2) is 14.0 Å². The molecule has 1 saturated heterocycles. The number of aromatic hydroxyl groups is 1. The second kappa shape index (κ2) is 5.75. The molecule has 1 fully saturated rings. The third-order valence-electron chi connectivity index (χ3n) is 3.50. The van der Waals surface area contributed by atoms with Gasteiger partial charge in [-0.1, -0.05) is 18.2 Å². The highest BCUT2D eigenvalue weighted by Crippen LogP contribution is 2.36. The molecule has 0 radical (unpaired) electrons. The molecule has 0 aromatic heterocycles. The molecule has 7 nitrogen and oxygen atoms in total. The van der Waals surface area contributed by atoms with Crippen molar-refractivity contribution < 1.29 is 29.0 Å². The lowest BCUT2D eigenvalue weighted by Gasteiger charge is -2.05. The van der Waals surface area contributed by atoms with Gasteiger partial charge in [0.1, 0.15) is 17.1 Å². The summed E-state index contributed by atoms with van der Waals surface area (Å²) in [7, 11) is 0. The van der Waals surface area contributed by atoms with Crippen molar-refractivity contribution in [3.05, 3.63) is 69.9 Å². The molecular formula is C15H12FN2O5+. The molecule has 23 heavy (non-hydrogen) atoms. The maximum absolute atomic E-state index is 13.9. The van der Waals surface area contributed by atoms with E-state index in [1.165, 1.54) is 30.3 Å². The Morgan fingerprint density at radius 2 is 2.00 bits per heavy atom. The fourth-order valence-electron chi connectivity index (χ4n) is 2.38. The van der Waals surface area contributed by atoms with E-state index in [1.807, 2.05) is 0 Å². The number of hydroxylamine groups is 1. The van der Waals surface area contributed by atoms with Crippen LogP contribution in [0, 0.1) is 10.7 Å². The number of hydrogen-bond donors (Lipinski definition) is 3. The van der Waals surface area contributed by atoms with E-state index in [0.717, 1.165) is 6.07 Å². The van der Waals surface area contributed by atoms with Crippen LogP contribution in [-0.2, 0) is 4.84 Å². The van der Waals surface area contributed by atoms with E-state index in [4.69, 9.17) is 9.94 Å². The average Bonchev–Trinajstić information content (AvgIpc) is 2.89. The molecule has 2 unspecified atom stereocenters. The van der Waals surface area contributed by atoms with Crippen molar-refractivity contribution in [2.45, 2.75) is 12.4 Å². The van der Waals surface area contributed by atoms with E-state index in [9.17, 15) is 19.2 Å². The van der Waals surface area contributed by atoms with Crippen LogP contribution in [0.5, 0.6) is 5.75 Å². The second-order valence-electron chi connectivity index (χ2n) is 4.95. The van der Waals surface area contributed by atoms with Crippen molar-refractivity contribution in [2.24, 2.45) is 0 Å². The van der Waals surface area contributed by atoms with E-state index >= 15 is 0 Å². The maximum atomic E-state index is 13.9. The van der Waals surface area contributed by atoms with Crippen LogP contribution < -0.4 is 5.48 Å². The molecule has 118 valence electrons. The average molecular weight is 319 g/mol. The van der Waals surface area contributed by atoms with Gasteiger partial charge in [0.2, 0.25) is 0 Å². The van der Waals surface area contributed by atoms with E-state index in [0.29, 0.717) is 10.3 Å². The Bertz CT molecular complexity index is 775. The minimum atomic E-state index is -1.39. The molecule has 0 aliphatic carbocycles. The first-order valence-corrected chi connectivity index (χ1v) is 6.66. The molecule has 2 aromatic rings. The molecule has 2 atom stereocenters. The number of hydrogen-bond acceptors (Lipinski definition) is 5. The Balaban J connectivity index is 1.93. The third-order valence-corrected chi connectivity index (χ3v) is 3.50. The Hall–Kier alpha value is -2.84. The largest absolute Gasteiger partial charge is 0.507 e. The number of rotatable bonds is 3. The summed E-state index contributed by atoms with van der Waals surface area (Å²) < 4.78 is 14.3. The Morgan fingerprint density at radius 3 is 2.70 bits per heavy atom. The van der Waals surface area contributed by atoms with Crippen LogP contribution in [0.1, 0.15) is 33.9 Å². The fraction of sp³-hybridized carbons (Fsp3) is 0.133. The number of aromatic carboxylic acids is 1. The maximum Gasteiger partial charge on any atom is 0.355 e. The highest BCUT2D eigenvalue weighted by molar-refractivity contribution is 5.87. The predicted molar refractivity (Wildman–Crippen MR) is 74.8 cm³/mol. The number of nitrogens with one attached hydrogen (secondary N) is 1. The van der Waals surface area contributed by atoms with Gasteiger partial charge in [0.15, 0.2) is 0 Å². The molecule has 8 heteroatoms. The van der Waals surface area contributed by atoms with Gasteiger partial charge in [0, 0.05) is 10.5 Å².